The van der Waals surface area contributed by atoms with Crippen molar-refractivity contribution >= 4 is 16.8 Å². The van der Waals surface area contributed by atoms with E-state index in [9.17, 15) is 9.18 Å². The van der Waals surface area contributed by atoms with E-state index in [1.165, 1.54) is 13.2 Å². The van der Waals surface area contributed by atoms with Gasteiger partial charge in [-0.15, -0.1) is 0 Å². The molecule has 0 aliphatic rings. The van der Waals surface area contributed by atoms with Crippen LogP contribution in [0.4, 0.5) is 10.3 Å². The molecule has 0 bridgehead atoms. The first kappa shape index (κ1) is 25.0. The fourth-order valence-electron chi connectivity index (χ4n) is 3.58. The number of hydrogen-bond acceptors (Lipinski definition) is 8. The average Bonchev–Trinajstić information content (AvgIpc) is 2.89. The van der Waals surface area contributed by atoms with Gasteiger partial charge in [-0.3, -0.25) is 0 Å². The Kier molecular flexibility index (Phi) is 7.67. The normalized spacial score (nSPS) is 11.2. The number of pyridine rings is 2. The van der Waals surface area contributed by atoms with E-state index in [1.54, 1.807) is 28.5 Å². The first-order valence-corrected chi connectivity index (χ1v) is 11.6. The Bertz CT molecular complexity index is 1490. The molecule has 11 heteroatoms. The van der Waals surface area contributed by atoms with Crippen molar-refractivity contribution in [1.82, 2.24) is 24.9 Å². The molecule has 0 amide bonds. The number of nitrogens with zero attached hydrogens (tertiary/aromatic N) is 5. The van der Waals surface area contributed by atoms with Crippen molar-refractivity contribution in [2.45, 2.75) is 13.5 Å². The molecule has 0 radical (unpaired) electrons. The van der Waals surface area contributed by atoms with Crippen LogP contribution in [0.1, 0.15) is 21.9 Å². The number of benzene rings is 1. The van der Waals surface area contributed by atoms with Crippen LogP contribution < -0.4 is 16.6 Å². The van der Waals surface area contributed by atoms with Crippen LogP contribution in [0, 0.1) is 12.7 Å². The maximum absolute atomic E-state index is 13.2. The molecule has 0 saturated carbocycles. The van der Waals surface area contributed by atoms with Crippen molar-refractivity contribution in [3.63, 3.8) is 0 Å². The molecule has 0 atom stereocenters. The van der Waals surface area contributed by atoms with Crippen LogP contribution in [0.5, 0.6) is 0 Å². The fraction of sp³-hybridized carbons (Fsp3) is 0.120. The minimum atomic E-state index is -0.560. The second kappa shape index (κ2) is 11.1. The van der Waals surface area contributed by atoms with E-state index in [-0.39, 0.29) is 18.2 Å². The zero-order valence-electron chi connectivity index (χ0n) is 19.5. The van der Waals surface area contributed by atoms with E-state index in [0.717, 1.165) is 11.8 Å². The van der Waals surface area contributed by atoms with Crippen molar-refractivity contribution in [3.05, 3.63) is 89.2 Å². The van der Waals surface area contributed by atoms with Gasteiger partial charge in [0.05, 0.1) is 0 Å². The number of methoxy groups -OCH3 is 1. The molecule has 0 aliphatic carbocycles. The van der Waals surface area contributed by atoms with Gasteiger partial charge < -0.3 is 0 Å². The number of carbonyl (C=O) groups is 1. The summed E-state index contributed by atoms with van der Waals surface area (Å²) in [5, 5.41) is 4.62. The average molecular weight is 522 g/mol. The predicted molar refractivity (Wildman–Crippen MR) is 129 cm³/mol. The van der Waals surface area contributed by atoms with Gasteiger partial charge in [-0.05, 0) is 0 Å². The summed E-state index contributed by atoms with van der Waals surface area (Å²) in [4.78, 5) is 27.0. The molecule has 4 rings (SSSR count). The monoisotopic (exact) mass is 522 g/mol. The molecule has 3 heterocycles. The molecule has 36 heavy (non-hydrogen) atoms. The number of nitrogens with two attached hydrogens (primary N) is 1. The number of aryl methyl sites for hydroxylation is 1. The second-order valence-electron chi connectivity index (χ2n) is 7.66. The molecule has 0 aliphatic heterocycles. The van der Waals surface area contributed by atoms with Gasteiger partial charge in [0.25, 0.3) is 0 Å². The number of anilines is 1. The zero-order chi connectivity index (χ0) is 25.7. The van der Waals surface area contributed by atoms with Crippen LogP contribution >= 0.6 is 0 Å². The van der Waals surface area contributed by atoms with Gasteiger partial charge in [0.15, 0.2) is 0 Å². The molecule has 0 unspecified atom stereocenters. The van der Waals surface area contributed by atoms with E-state index in [1.807, 2.05) is 36.4 Å². The van der Waals surface area contributed by atoms with Gasteiger partial charge in [0, 0.05) is 0 Å². The summed E-state index contributed by atoms with van der Waals surface area (Å²) in [5.74, 6) is -0.772. The number of nitrogens with one attached hydrogen (secondary N) is 1. The van der Waals surface area contributed by atoms with Gasteiger partial charge in [-0.2, -0.15) is 0 Å². The van der Waals surface area contributed by atoms with Crippen molar-refractivity contribution in [2.24, 2.45) is 5.10 Å². The number of aromatic nitrogens is 4. The fourth-order valence-corrected chi connectivity index (χ4v) is 3.94. The number of halogens is 1. The summed E-state index contributed by atoms with van der Waals surface area (Å²) < 4.78 is 19.7. The SMILES string of the molecule is COC(=O)c1cc(-c2c(-c3ccccc3)nc(N)n([CH]=[V])/c2=N\NCc2ccc(F)cn2)cc(C)n1. The van der Waals surface area contributed by atoms with Crippen molar-refractivity contribution in [1.29, 1.82) is 0 Å². The molecule has 1 aromatic carbocycles. The van der Waals surface area contributed by atoms with Crippen molar-refractivity contribution in [2.75, 3.05) is 12.8 Å². The van der Waals surface area contributed by atoms with E-state index >= 15 is 0 Å². The van der Waals surface area contributed by atoms with Gasteiger partial charge >= 0.3 is 216 Å². The Labute approximate surface area is 215 Å². The first-order valence-electron chi connectivity index (χ1n) is 10.8. The molecular formula is C25H22FN7O2V. The van der Waals surface area contributed by atoms with Crippen LogP contribution in [-0.4, -0.2) is 37.5 Å². The molecule has 4 aromatic rings. The number of esters is 1. The van der Waals surface area contributed by atoms with E-state index < -0.39 is 11.8 Å². The molecular weight excluding hydrogens is 500 g/mol. The number of hydrogen-bond donors (Lipinski definition) is 2. The Morgan fingerprint density at radius 3 is 2.64 bits per heavy atom. The molecule has 9 nitrogen and oxygen atoms in total. The zero-order valence-corrected chi connectivity index (χ0v) is 20.9. The topological polar surface area (TPSA) is 120 Å². The van der Waals surface area contributed by atoms with Crippen LogP contribution in [0.2, 0.25) is 0 Å². The summed E-state index contributed by atoms with van der Waals surface area (Å²) in [7, 11) is 1.30. The Balaban J connectivity index is 1.98. The molecule has 0 spiro atoms. The Morgan fingerprint density at radius 2 is 1.97 bits per heavy atom. The van der Waals surface area contributed by atoms with Crippen LogP contribution in [0.15, 0.2) is 65.9 Å². The van der Waals surface area contributed by atoms with Crippen LogP contribution in [-0.2, 0) is 28.3 Å². The second-order valence-corrected chi connectivity index (χ2v) is 8.02. The van der Waals surface area contributed by atoms with Crippen LogP contribution in [0.25, 0.3) is 22.4 Å². The molecule has 0 fully saturated rings. The minimum absolute atomic E-state index is 0.153. The van der Waals surface area contributed by atoms with Crippen molar-refractivity contribution in [3.8, 4) is 22.4 Å². The summed E-state index contributed by atoms with van der Waals surface area (Å²) in [6.45, 7) is 2.03. The van der Waals surface area contributed by atoms with E-state index in [4.69, 9.17) is 10.5 Å². The predicted octanol–water partition coefficient (Wildman–Crippen LogP) is 2.58. The maximum atomic E-state index is 13.2. The summed E-state index contributed by atoms with van der Waals surface area (Å²) >= 11 is 2.32. The number of nitrogen functional groups attached to an aromatic ring is 1. The summed E-state index contributed by atoms with van der Waals surface area (Å²) in [6, 6.07) is 15.9. The van der Waals surface area contributed by atoms with E-state index in [0.29, 0.717) is 33.7 Å². The first-order chi connectivity index (χ1) is 17.4. The molecule has 0 saturated heterocycles. The number of ether oxygens (including phenoxy) is 1. The van der Waals surface area contributed by atoms with E-state index in [2.05, 4.69) is 42.5 Å². The molecule has 3 N–H and O–H groups in total. The summed E-state index contributed by atoms with van der Waals surface area (Å²) in [6.07, 6.45) is 1.14. The number of rotatable bonds is 7. The van der Waals surface area contributed by atoms with Crippen molar-refractivity contribution < 1.29 is 30.9 Å². The molecule has 3 aromatic heterocycles. The molecule has 181 valence electrons. The standard InChI is InChI=1S/C25H22FN7O2.V/c1-15-11-17(12-20(30-15)24(34)35-3)21-22(16-7-5-4-6-8-16)31-25(27)33(2)23(21)32-29-14-19-10-9-18(26)13-28-19;/h2,4-13,29H,14H2,1,3H3,(H2,27,31);/b32-23-;. The third kappa shape index (κ3) is 5.40. The number of carbonyl (C=O) groups excluding carboxylic acids is 1. The third-order valence-corrected chi connectivity index (χ3v) is 5.56. The van der Waals surface area contributed by atoms with Gasteiger partial charge in [0.1, 0.15) is 0 Å². The van der Waals surface area contributed by atoms with Crippen LogP contribution in [0.3, 0.4) is 0 Å². The van der Waals surface area contributed by atoms with Gasteiger partial charge in [-0.1, -0.05) is 0 Å². The Hall–Kier alpha value is -4.15. The van der Waals surface area contributed by atoms with Gasteiger partial charge in [0.2, 0.25) is 0 Å². The Morgan fingerprint density at radius 1 is 1.19 bits per heavy atom. The van der Waals surface area contributed by atoms with Gasteiger partial charge in [-0.25, -0.2) is 0 Å². The quantitative estimate of drug-likeness (QED) is 0.283. The third-order valence-electron chi connectivity index (χ3n) is 5.19. The summed E-state index contributed by atoms with van der Waals surface area (Å²) in [5.41, 5.74) is 13.8.